The van der Waals surface area contributed by atoms with Crippen LogP contribution in [0.25, 0.3) is 0 Å². The van der Waals surface area contributed by atoms with Crippen LogP contribution < -0.4 is 5.32 Å². The predicted octanol–water partition coefficient (Wildman–Crippen LogP) is 3.62. The van der Waals surface area contributed by atoms with Gasteiger partial charge in [-0.05, 0) is 31.0 Å². The van der Waals surface area contributed by atoms with E-state index in [0.29, 0.717) is 5.69 Å². The quantitative estimate of drug-likeness (QED) is 0.799. The number of halogens is 3. The van der Waals surface area contributed by atoms with Gasteiger partial charge in [-0.3, -0.25) is 4.99 Å². The summed E-state index contributed by atoms with van der Waals surface area (Å²) < 4.78 is 37.7. The standard InChI is InChI=1S/C12H13F3N2/c1-8-4-5-9(12(13,14)15)7-10(8)17-11-3-2-6-16-11/h4-5,7H,2-3,6H2,1H3,(H,16,17). The Labute approximate surface area is 97.6 Å². The van der Waals surface area contributed by atoms with Crippen molar-refractivity contribution in [3.63, 3.8) is 0 Å². The summed E-state index contributed by atoms with van der Waals surface area (Å²) >= 11 is 0. The normalized spacial score (nSPS) is 15.9. The first-order valence-electron chi connectivity index (χ1n) is 5.45. The Kier molecular flexibility index (Phi) is 3.09. The van der Waals surface area contributed by atoms with E-state index < -0.39 is 11.7 Å². The van der Waals surface area contributed by atoms with Gasteiger partial charge in [-0.15, -0.1) is 0 Å². The molecule has 0 bridgehead atoms. The molecule has 0 saturated heterocycles. The predicted molar refractivity (Wildman–Crippen MR) is 61.3 cm³/mol. The van der Waals surface area contributed by atoms with Gasteiger partial charge in [0.15, 0.2) is 0 Å². The molecular formula is C12H13F3N2. The highest BCUT2D eigenvalue weighted by Gasteiger charge is 2.30. The van der Waals surface area contributed by atoms with Crippen LogP contribution in [0.15, 0.2) is 23.2 Å². The second-order valence-corrected chi connectivity index (χ2v) is 4.08. The zero-order valence-corrected chi connectivity index (χ0v) is 9.43. The number of aryl methyl sites for hydroxylation is 1. The van der Waals surface area contributed by atoms with E-state index in [-0.39, 0.29) is 0 Å². The summed E-state index contributed by atoms with van der Waals surface area (Å²) in [6.07, 6.45) is -2.54. The number of nitrogens with zero attached hydrogens (tertiary/aromatic N) is 1. The molecule has 1 aromatic carbocycles. The van der Waals surface area contributed by atoms with Crippen molar-refractivity contribution >= 4 is 11.5 Å². The molecule has 2 rings (SSSR count). The van der Waals surface area contributed by atoms with Gasteiger partial charge in [-0.1, -0.05) is 6.07 Å². The minimum Gasteiger partial charge on any atom is -0.344 e. The summed E-state index contributed by atoms with van der Waals surface area (Å²) in [6.45, 7) is 2.53. The van der Waals surface area contributed by atoms with Crippen molar-refractivity contribution in [2.45, 2.75) is 25.9 Å². The number of nitrogens with one attached hydrogen (secondary N) is 1. The van der Waals surface area contributed by atoms with Crippen molar-refractivity contribution in [1.82, 2.24) is 0 Å². The number of aliphatic imine (C=N–C) groups is 1. The molecule has 0 atom stereocenters. The molecular weight excluding hydrogens is 229 g/mol. The Balaban J connectivity index is 2.26. The molecule has 5 heteroatoms. The van der Waals surface area contributed by atoms with Crippen LogP contribution in [-0.4, -0.2) is 12.4 Å². The topological polar surface area (TPSA) is 24.4 Å². The molecule has 0 spiro atoms. The van der Waals surface area contributed by atoms with E-state index >= 15 is 0 Å². The summed E-state index contributed by atoms with van der Waals surface area (Å²) in [5.41, 5.74) is 0.636. The third-order valence-corrected chi connectivity index (χ3v) is 2.72. The third kappa shape index (κ3) is 2.78. The smallest absolute Gasteiger partial charge is 0.344 e. The molecule has 0 unspecified atom stereocenters. The first-order valence-corrected chi connectivity index (χ1v) is 5.45. The number of alkyl halides is 3. The van der Waals surface area contributed by atoms with E-state index in [9.17, 15) is 13.2 Å². The van der Waals surface area contributed by atoms with Crippen molar-refractivity contribution in [3.05, 3.63) is 29.3 Å². The lowest BCUT2D eigenvalue weighted by atomic mass is 10.1. The van der Waals surface area contributed by atoms with Crippen LogP contribution >= 0.6 is 0 Å². The molecule has 1 aliphatic heterocycles. The Morgan fingerprint density at radius 1 is 1.29 bits per heavy atom. The zero-order valence-electron chi connectivity index (χ0n) is 9.43. The maximum atomic E-state index is 12.6. The van der Waals surface area contributed by atoms with E-state index in [0.717, 1.165) is 42.9 Å². The number of benzene rings is 1. The van der Waals surface area contributed by atoms with Crippen LogP contribution in [0.4, 0.5) is 18.9 Å². The van der Waals surface area contributed by atoms with Gasteiger partial charge in [0.2, 0.25) is 0 Å². The Morgan fingerprint density at radius 2 is 2.06 bits per heavy atom. The molecule has 0 radical (unpaired) electrons. The van der Waals surface area contributed by atoms with E-state index in [1.165, 1.54) is 6.07 Å². The fourth-order valence-electron chi connectivity index (χ4n) is 1.73. The highest BCUT2D eigenvalue weighted by Crippen LogP contribution is 2.32. The highest BCUT2D eigenvalue weighted by atomic mass is 19.4. The van der Waals surface area contributed by atoms with Crippen LogP contribution in [0.3, 0.4) is 0 Å². The molecule has 1 heterocycles. The largest absolute Gasteiger partial charge is 0.416 e. The second-order valence-electron chi connectivity index (χ2n) is 4.08. The van der Waals surface area contributed by atoms with Gasteiger partial charge < -0.3 is 5.32 Å². The second kappa shape index (κ2) is 4.39. The fraction of sp³-hybridized carbons (Fsp3) is 0.417. The molecule has 0 aromatic heterocycles. The number of amidine groups is 1. The van der Waals surface area contributed by atoms with Crippen molar-refractivity contribution in [2.24, 2.45) is 4.99 Å². The molecule has 1 N–H and O–H groups in total. The number of hydrogen-bond acceptors (Lipinski definition) is 2. The Hall–Kier alpha value is -1.52. The average molecular weight is 242 g/mol. The summed E-state index contributed by atoms with van der Waals surface area (Å²) in [5, 5.41) is 2.97. The van der Waals surface area contributed by atoms with Crippen LogP contribution in [0, 0.1) is 6.92 Å². The Bertz CT molecular complexity index is 450. The van der Waals surface area contributed by atoms with Gasteiger partial charge in [0.05, 0.1) is 5.56 Å². The maximum Gasteiger partial charge on any atom is 0.416 e. The summed E-state index contributed by atoms with van der Waals surface area (Å²) in [7, 11) is 0. The van der Waals surface area contributed by atoms with E-state index in [4.69, 9.17) is 0 Å². The molecule has 0 fully saturated rings. The number of hydrogen-bond donors (Lipinski definition) is 1. The van der Waals surface area contributed by atoms with Gasteiger partial charge in [-0.2, -0.15) is 13.2 Å². The average Bonchev–Trinajstić information content (AvgIpc) is 2.72. The maximum absolute atomic E-state index is 12.6. The van der Waals surface area contributed by atoms with E-state index in [2.05, 4.69) is 10.3 Å². The van der Waals surface area contributed by atoms with Crippen LogP contribution in [-0.2, 0) is 6.18 Å². The van der Waals surface area contributed by atoms with Crippen molar-refractivity contribution < 1.29 is 13.2 Å². The minimum absolute atomic E-state index is 0.487. The molecule has 2 nitrogen and oxygen atoms in total. The van der Waals surface area contributed by atoms with Crippen molar-refractivity contribution in [3.8, 4) is 0 Å². The summed E-state index contributed by atoms with van der Waals surface area (Å²) in [6, 6.07) is 3.70. The lowest BCUT2D eigenvalue weighted by Gasteiger charge is -2.13. The third-order valence-electron chi connectivity index (χ3n) is 2.72. The lowest BCUT2D eigenvalue weighted by Crippen LogP contribution is -2.11. The van der Waals surface area contributed by atoms with Crippen molar-refractivity contribution in [2.75, 3.05) is 11.9 Å². The van der Waals surface area contributed by atoms with Gasteiger partial charge in [0.25, 0.3) is 0 Å². The molecule has 92 valence electrons. The van der Waals surface area contributed by atoms with Crippen LogP contribution in [0.1, 0.15) is 24.0 Å². The number of anilines is 1. The summed E-state index contributed by atoms with van der Waals surface area (Å²) in [4.78, 5) is 4.19. The summed E-state index contributed by atoms with van der Waals surface area (Å²) in [5.74, 6) is 0.771. The van der Waals surface area contributed by atoms with E-state index in [1.807, 2.05) is 0 Å². The first kappa shape index (κ1) is 12.0. The fourth-order valence-corrected chi connectivity index (χ4v) is 1.73. The number of rotatable bonds is 1. The monoisotopic (exact) mass is 242 g/mol. The molecule has 0 amide bonds. The molecule has 1 aromatic rings. The Morgan fingerprint density at radius 3 is 2.65 bits per heavy atom. The lowest BCUT2D eigenvalue weighted by molar-refractivity contribution is -0.137. The van der Waals surface area contributed by atoms with Gasteiger partial charge in [-0.25, -0.2) is 0 Å². The van der Waals surface area contributed by atoms with Gasteiger partial charge in [0, 0.05) is 18.7 Å². The van der Waals surface area contributed by atoms with Crippen molar-refractivity contribution in [1.29, 1.82) is 0 Å². The van der Waals surface area contributed by atoms with Crippen LogP contribution in [0.5, 0.6) is 0 Å². The van der Waals surface area contributed by atoms with E-state index in [1.54, 1.807) is 6.92 Å². The first-order chi connectivity index (χ1) is 7.97. The molecule has 1 aliphatic rings. The zero-order chi connectivity index (χ0) is 12.5. The van der Waals surface area contributed by atoms with Gasteiger partial charge in [0.1, 0.15) is 5.84 Å². The molecule has 0 saturated carbocycles. The molecule has 17 heavy (non-hydrogen) atoms. The SMILES string of the molecule is Cc1ccc(C(F)(F)F)cc1NC1=NCCC1. The van der Waals surface area contributed by atoms with Gasteiger partial charge >= 0.3 is 6.18 Å². The minimum atomic E-state index is -4.30. The molecule has 0 aliphatic carbocycles. The highest BCUT2D eigenvalue weighted by molar-refractivity contribution is 5.97. The van der Waals surface area contributed by atoms with Crippen LogP contribution in [0.2, 0.25) is 0 Å².